The fraction of sp³-hybridized carbons (Fsp3) is 0.0667. The van der Waals surface area contributed by atoms with Crippen molar-refractivity contribution in [3.05, 3.63) is 47.5 Å². The van der Waals surface area contributed by atoms with E-state index < -0.39 is 5.97 Å². The molecule has 2 aromatic carbocycles. The Labute approximate surface area is 121 Å². The fourth-order valence-corrected chi connectivity index (χ4v) is 1.81. The van der Waals surface area contributed by atoms with E-state index in [1.165, 1.54) is 25.3 Å². The Morgan fingerprint density at radius 1 is 1.29 bits per heavy atom. The monoisotopic (exact) mass is 283 g/mol. The molecule has 2 rings (SSSR count). The number of nitrogens with one attached hydrogen (secondary N) is 1. The van der Waals surface area contributed by atoms with Crippen molar-refractivity contribution in [2.75, 3.05) is 18.2 Å². The molecule has 0 spiro atoms. The summed E-state index contributed by atoms with van der Waals surface area (Å²) < 4.78 is 5.21. The number of hydrogen-bond acceptors (Lipinski definition) is 5. The summed E-state index contributed by atoms with van der Waals surface area (Å²) in [5.74, 6) is -0.570. The number of benzene rings is 2. The van der Waals surface area contributed by atoms with Crippen LogP contribution in [0.5, 0.6) is 5.75 Å². The van der Waals surface area contributed by atoms with E-state index in [1.807, 2.05) is 6.07 Å². The zero-order valence-corrected chi connectivity index (χ0v) is 11.3. The lowest BCUT2D eigenvalue weighted by atomic mass is 10.1. The van der Waals surface area contributed by atoms with Gasteiger partial charge in [-0.1, -0.05) is 0 Å². The van der Waals surface area contributed by atoms with Gasteiger partial charge >= 0.3 is 5.97 Å². The van der Waals surface area contributed by atoms with Crippen LogP contribution >= 0.6 is 0 Å². The molecule has 0 atom stereocenters. The molecule has 0 radical (unpaired) electrons. The molecule has 0 fully saturated rings. The molecule has 0 amide bonds. The number of nitriles is 1. The predicted octanol–water partition coefficient (Wildman–Crippen LogP) is 2.59. The lowest BCUT2D eigenvalue weighted by Crippen LogP contribution is -2.02. The van der Waals surface area contributed by atoms with Crippen molar-refractivity contribution >= 4 is 23.0 Å². The van der Waals surface area contributed by atoms with Gasteiger partial charge in [0.25, 0.3) is 0 Å². The molecular formula is C15H13N3O3. The Bertz CT molecular complexity index is 735. The van der Waals surface area contributed by atoms with Gasteiger partial charge in [-0.15, -0.1) is 0 Å². The largest absolute Gasteiger partial charge is 0.495 e. The molecule has 0 unspecified atom stereocenters. The Kier molecular flexibility index (Phi) is 3.95. The van der Waals surface area contributed by atoms with Crippen LogP contribution in [0.2, 0.25) is 0 Å². The number of aromatic carboxylic acids is 1. The SMILES string of the molecule is COc1cc(C#N)ccc1Nc1cc(C(=O)O)ccc1N. The number of nitrogen functional groups attached to an aromatic ring is 1. The zero-order chi connectivity index (χ0) is 15.4. The number of hydrogen-bond donors (Lipinski definition) is 3. The molecule has 0 heterocycles. The van der Waals surface area contributed by atoms with Gasteiger partial charge < -0.3 is 20.9 Å². The topological polar surface area (TPSA) is 108 Å². The van der Waals surface area contributed by atoms with Crippen molar-refractivity contribution in [3.63, 3.8) is 0 Å². The molecule has 2 aromatic rings. The molecular weight excluding hydrogens is 270 g/mol. The van der Waals surface area contributed by atoms with E-state index in [2.05, 4.69) is 5.32 Å². The highest BCUT2D eigenvalue weighted by Crippen LogP contribution is 2.31. The number of carbonyl (C=O) groups is 1. The second-order valence-electron chi connectivity index (χ2n) is 4.26. The van der Waals surface area contributed by atoms with Crippen LogP contribution in [0.1, 0.15) is 15.9 Å². The van der Waals surface area contributed by atoms with Crippen LogP contribution in [0.3, 0.4) is 0 Å². The first-order chi connectivity index (χ1) is 10.0. The predicted molar refractivity (Wildman–Crippen MR) is 78.8 cm³/mol. The van der Waals surface area contributed by atoms with E-state index in [0.29, 0.717) is 28.4 Å². The highest BCUT2D eigenvalue weighted by Gasteiger charge is 2.10. The first-order valence-corrected chi connectivity index (χ1v) is 6.03. The molecule has 21 heavy (non-hydrogen) atoms. The second-order valence-corrected chi connectivity index (χ2v) is 4.26. The smallest absolute Gasteiger partial charge is 0.335 e. The van der Waals surface area contributed by atoms with Crippen LogP contribution < -0.4 is 15.8 Å². The third-order valence-corrected chi connectivity index (χ3v) is 2.90. The number of nitrogens with two attached hydrogens (primary N) is 1. The van der Waals surface area contributed by atoms with Gasteiger partial charge in [-0.05, 0) is 30.3 Å². The van der Waals surface area contributed by atoms with E-state index in [0.717, 1.165) is 0 Å². The highest BCUT2D eigenvalue weighted by atomic mass is 16.5. The Balaban J connectivity index is 2.40. The summed E-state index contributed by atoms with van der Waals surface area (Å²) in [7, 11) is 1.48. The fourth-order valence-electron chi connectivity index (χ4n) is 1.81. The van der Waals surface area contributed by atoms with E-state index in [9.17, 15) is 4.79 Å². The van der Waals surface area contributed by atoms with E-state index in [4.69, 9.17) is 20.8 Å². The van der Waals surface area contributed by atoms with Gasteiger partial charge in [-0.2, -0.15) is 5.26 Å². The lowest BCUT2D eigenvalue weighted by Gasteiger charge is -2.13. The molecule has 0 saturated carbocycles. The zero-order valence-electron chi connectivity index (χ0n) is 11.3. The minimum Gasteiger partial charge on any atom is -0.495 e. The molecule has 106 valence electrons. The molecule has 6 heteroatoms. The molecule has 0 aliphatic heterocycles. The number of carboxylic acid groups (broad SMARTS) is 1. The van der Waals surface area contributed by atoms with Crippen LogP contribution in [0.25, 0.3) is 0 Å². The average molecular weight is 283 g/mol. The molecule has 0 saturated heterocycles. The first-order valence-electron chi connectivity index (χ1n) is 6.03. The van der Waals surface area contributed by atoms with Crippen molar-refractivity contribution in [2.45, 2.75) is 0 Å². The van der Waals surface area contributed by atoms with Gasteiger partial charge in [0.05, 0.1) is 41.4 Å². The van der Waals surface area contributed by atoms with Crippen molar-refractivity contribution in [1.29, 1.82) is 5.26 Å². The van der Waals surface area contributed by atoms with Crippen molar-refractivity contribution < 1.29 is 14.6 Å². The summed E-state index contributed by atoms with van der Waals surface area (Å²) in [6.45, 7) is 0. The van der Waals surface area contributed by atoms with Crippen molar-refractivity contribution in [3.8, 4) is 11.8 Å². The average Bonchev–Trinajstić information content (AvgIpc) is 2.49. The van der Waals surface area contributed by atoms with Gasteiger partial charge in [0.1, 0.15) is 5.75 Å². The van der Waals surface area contributed by atoms with Crippen LogP contribution in [0.4, 0.5) is 17.1 Å². The third kappa shape index (κ3) is 3.04. The second kappa shape index (κ2) is 5.84. The maximum Gasteiger partial charge on any atom is 0.335 e. The third-order valence-electron chi connectivity index (χ3n) is 2.90. The summed E-state index contributed by atoms with van der Waals surface area (Å²) in [5, 5.41) is 20.9. The summed E-state index contributed by atoms with van der Waals surface area (Å²) >= 11 is 0. The van der Waals surface area contributed by atoms with Gasteiger partial charge in [-0.25, -0.2) is 4.79 Å². The van der Waals surface area contributed by atoms with Crippen LogP contribution in [-0.4, -0.2) is 18.2 Å². The Morgan fingerprint density at radius 3 is 2.67 bits per heavy atom. The summed E-state index contributed by atoms with van der Waals surface area (Å²) in [6.07, 6.45) is 0. The summed E-state index contributed by atoms with van der Waals surface area (Å²) in [5.41, 5.74) is 7.88. The highest BCUT2D eigenvalue weighted by molar-refractivity contribution is 5.91. The van der Waals surface area contributed by atoms with Gasteiger partial charge in [0, 0.05) is 6.07 Å². The van der Waals surface area contributed by atoms with Gasteiger partial charge in [0.15, 0.2) is 0 Å². The minimum absolute atomic E-state index is 0.124. The number of methoxy groups -OCH3 is 1. The number of ether oxygens (including phenoxy) is 1. The standard InChI is InChI=1S/C15H13N3O3/c1-21-14-6-9(8-16)2-5-12(14)18-13-7-10(15(19)20)3-4-11(13)17/h2-7,18H,17H2,1H3,(H,19,20). The van der Waals surface area contributed by atoms with E-state index in [-0.39, 0.29) is 5.56 Å². The maximum atomic E-state index is 11.0. The first kappa shape index (κ1) is 14.2. The molecule has 0 bridgehead atoms. The summed E-state index contributed by atoms with van der Waals surface area (Å²) in [6, 6.07) is 11.3. The van der Waals surface area contributed by atoms with Gasteiger partial charge in [-0.3, -0.25) is 0 Å². The number of nitrogens with zero attached hydrogens (tertiary/aromatic N) is 1. The van der Waals surface area contributed by atoms with E-state index in [1.54, 1.807) is 18.2 Å². The number of anilines is 3. The van der Waals surface area contributed by atoms with E-state index >= 15 is 0 Å². The molecule has 0 aliphatic rings. The van der Waals surface area contributed by atoms with Crippen LogP contribution in [0.15, 0.2) is 36.4 Å². The quantitative estimate of drug-likeness (QED) is 0.744. The van der Waals surface area contributed by atoms with Crippen LogP contribution in [0, 0.1) is 11.3 Å². The Morgan fingerprint density at radius 2 is 2.05 bits per heavy atom. The van der Waals surface area contributed by atoms with Crippen LogP contribution in [-0.2, 0) is 0 Å². The van der Waals surface area contributed by atoms with Gasteiger partial charge in [0.2, 0.25) is 0 Å². The Hall–Kier alpha value is -3.20. The van der Waals surface area contributed by atoms with Crippen molar-refractivity contribution in [2.24, 2.45) is 0 Å². The normalized spacial score (nSPS) is 9.71. The summed E-state index contributed by atoms with van der Waals surface area (Å²) in [4.78, 5) is 11.0. The number of rotatable bonds is 4. The molecule has 0 aromatic heterocycles. The molecule has 0 aliphatic carbocycles. The number of carboxylic acids is 1. The maximum absolute atomic E-state index is 11.0. The molecule has 6 nitrogen and oxygen atoms in total. The lowest BCUT2D eigenvalue weighted by molar-refractivity contribution is 0.0697. The minimum atomic E-state index is -1.04. The van der Waals surface area contributed by atoms with Crippen molar-refractivity contribution in [1.82, 2.24) is 0 Å². The molecule has 4 N–H and O–H groups in total.